The number of ether oxygens (including phenoxy) is 7. The zero-order chi connectivity index (χ0) is 39.4. The smallest absolute Gasteiger partial charge is 0.203 e. The summed E-state index contributed by atoms with van der Waals surface area (Å²) in [6.07, 6.45) is 9.87. The lowest BCUT2D eigenvalue weighted by Gasteiger charge is -2.40. The minimum absolute atomic E-state index is 0. The Morgan fingerprint density at radius 2 is 1.22 bits per heavy atom. The maximum atomic E-state index is 6.02. The van der Waals surface area contributed by atoms with Crippen molar-refractivity contribution < 1.29 is 33.2 Å². The number of piperidine rings is 1. The highest BCUT2D eigenvalue weighted by Gasteiger charge is 2.26. The van der Waals surface area contributed by atoms with E-state index in [2.05, 4.69) is 69.2 Å². The standard InChI is InChI=1S/C45H54N4O7.3ClH/c1-8-9-20-56-38-12-10-36(11-13-38)49(30-32-21-35(28-46-27-32)33-23-40(50-2)44(54-6)41(24-33)51-3)37-15-18-48(19-16-37)29-31-14-17-47-39(22-31)34-25-42(52-4)45(55-7)43(26-34)53-5;;;/h10-14,17,21-28,37H,8-9,15-16,18-20,29-30H2,1-7H3;3*1H. The highest BCUT2D eigenvalue weighted by Crippen LogP contribution is 2.42. The van der Waals surface area contributed by atoms with Gasteiger partial charge in [-0.3, -0.25) is 14.9 Å². The predicted octanol–water partition coefficient (Wildman–Crippen LogP) is 9.98. The van der Waals surface area contributed by atoms with Crippen molar-refractivity contribution in [3.8, 4) is 62.6 Å². The average Bonchev–Trinajstić information content (AvgIpc) is 3.25. The molecule has 59 heavy (non-hydrogen) atoms. The lowest BCUT2D eigenvalue weighted by Crippen LogP contribution is -2.44. The summed E-state index contributed by atoms with van der Waals surface area (Å²) in [6, 6.07) is 23.1. The molecule has 0 unspecified atom stereocenters. The zero-order valence-corrected chi connectivity index (χ0v) is 37.3. The Bertz CT molecular complexity index is 2000. The third-order valence-electron chi connectivity index (χ3n) is 10.3. The number of aromatic nitrogens is 2. The van der Waals surface area contributed by atoms with E-state index in [0.29, 0.717) is 47.1 Å². The topological polar surface area (TPSA) is 96.9 Å². The Labute approximate surface area is 367 Å². The van der Waals surface area contributed by atoms with E-state index in [1.165, 1.54) is 5.56 Å². The van der Waals surface area contributed by atoms with E-state index in [1.54, 1.807) is 42.7 Å². The number of unbranched alkanes of at least 4 members (excludes halogenated alkanes) is 1. The van der Waals surface area contributed by atoms with Gasteiger partial charge in [0.05, 0.1) is 55.0 Å². The molecule has 6 rings (SSSR count). The number of halogens is 3. The summed E-state index contributed by atoms with van der Waals surface area (Å²) in [4.78, 5) is 14.4. The van der Waals surface area contributed by atoms with E-state index in [-0.39, 0.29) is 37.2 Å². The number of likely N-dealkylation sites (tertiary alicyclic amines) is 1. The molecule has 0 bridgehead atoms. The molecule has 0 amide bonds. The monoisotopic (exact) mass is 870 g/mol. The molecule has 0 saturated carbocycles. The molecule has 5 aromatic rings. The van der Waals surface area contributed by atoms with Crippen molar-refractivity contribution in [1.82, 2.24) is 14.9 Å². The molecule has 1 fully saturated rings. The van der Waals surface area contributed by atoms with Gasteiger partial charge in [0.2, 0.25) is 11.5 Å². The molecule has 3 heterocycles. The molecule has 0 radical (unpaired) electrons. The van der Waals surface area contributed by atoms with Crippen LogP contribution in [-0.4, -0.2) is 83.3 Å². The first kappa shape index (κ1) is 48.6. The molecule has 320 valence electrons. The number of anilines is 1. The van der Waals surface area contributed by atoms with Crippen LogP contribution in [0.15, 0.2) is 85.3 Å². The highest BCUT2D eigenvalue weighted by molar-refractivity contribution is 5.86. The van der Waals surface area contributed by atoms with Crippen LogP contribution in [0, 0.1) is 0 Å². The zero-order valence-electron chi connectivity index (χ0n) is 34.9. The Morgan fingerprint density at radius 3 is 1.76 bits per heavy atom. The van der Waals surface area contributed by atoms with Gasteiger partial charge in [0, 0.05) is 67.6 Å². The third kappa shape index (κ3) is 11.9. The Balaban J connectivity index is 0.00000310. The van der Waals surface area contributed by atoms with Crippen molar-refractivity contribution in [1.29, 1.82) is 0 Å². The van der Waals surface area contributed by atoms with Crippen LogP contribution in [0.4, 0.5) is 5.69 Å². The maximum Gasteiger partial charge on any atom is 0.203 e. The summed E-state index contributed by atoms with van der Waals surface area (Å²) in [5.74, 6) is 4.42. The molecule has 14 heteroatoms. The molecule has 11 nitrogen and oxygen atoms in total. The summed E-state index contributed by atoms with van der Waals surface area (Å²) in [5.41, 5.74) is 7.14. The van der Waals surface area contributed by atoms with Crippen LogP contribution in [-0.2, 0) is 13.1 Å². The van der Waals surface area contributed by atoms with E-state index in [9.17, 15) is 0 Å². The Hall–Kier alpha value is -4.81. The fraction of sp³-hybridized carbons (Fsp3) is 0.378. The van der Waals surface area contributed by atoms with Gasteiger partial charge in [0.1, 0.15) is 5.75 Å². The van der Waals surface area contributed by atoms with Crippen molar-refractivity contribution in [2.75, 3.05) is 67.3 Å². The second kappa shape index (κ2) is 23.7. The van der Waals surface area contributed by atoms with Gasteiger partial charge in [-0.05, 0) is 103 Å². The first-order valence-electron chi connectivity index (χ1n) is 19.1. The van der Waals surface area contributed by atoms with Crippen molar-refractivity contribution >= 4 is 42.9 Å². The summed E-state index contributed by atoms with van der Waals surface area (Å²) in [6.45, 7) is 6.35. The van der Waals surface area contributed by atoms with Gasteiger partial charge in [-0.15, -0.1) is 37.2 Å². The first-order valence-corrected chi connectivity index (χ1v) is 19.1. The van der Waals surface area contributed by atoms with Gasteiger partial charge >= 0.3 is 0 Å². The molecule has 3 aromatic carbocycles. The molecule has 1 aliphatic rings. The van der Waals surface area contributed by atoms with Crippen LogP contribution in [0.3, 0.4) is 0 Å². The first-order chi connectivity index (χ1) is 27.4. The van der Waals surface area contributed by atoms with Crippen molar-refractivity contribution in [3.05, 3.63) is 96.4 Å². The molecule has 0 aliphatic carbocycles. The molecule has 1 aliphatic heterocycles. The number of methoxy groups -OCH3 is 6. The molecule has 0 N–H and O–H groups in total. The minimum atomic E-state index is 0. The third-order valence-corrected chi connectivity index (χ3v) is 10.3. The van der Waals surface area contributed by atoms with Crippen molar-refractivity contribution in [3.63, 3.8) is 0 Å². The van der Waals surface area contributed by atoms with Crippen LogP contribution in [0.5, 0.6) is 40.2 Å². The van der Waals surface area contributed by atoms with Crippen LogP contribution in [0.25, 0.3) is 22.4 Å². The molecular weight excluding hydrogens is 815 g/mol. The van der Waals surface area contributed by atoms with Gasteiger partial charge in [-0.1, -0.05) is 13.3 Å². The SMILES string of the molecule is CCCCOc1ccc(N(Cc2cncc(-c3cc(OC)c(OC)c(OC)c3)c2)C2CCN(Cc3ccnc(-c4cc(OC)c(OC)c(OC)c4)c3)CC2)cc1.Cl.Cl.Cl. The number of rotatable bonds is 18. The molecule has 2 aromatic heterocycles. The number of hydrogen-bond acceptors (Lipinski definition) is 11. The number of hydrogen-bond donors (Lipinski definition) is 0. The fourth-order valence-corrected chi connectivity index (χ4v) is 7.28. The van der Waals surface area contributed by atoms with E-state index in [4.69, 9.17) is 33.2 Å². The quantitative estimate of drug-likeness (QED) is 0.0788. The second-order valence-corrected chi connectivity index (χ2v) is 13.8. The fourth-order valence-electron chi connectivity index (χ4n) is 7.28. The van der Waals surface area contributed by atoms with Gasteiger partial charge in [-0.25, -0.2) is 0 Å². The van der Waals surface area contributed by atoms with Crippen molar-refractivity contribution in [2.24, 2.45) is 0 Å². The molecular formula is C45H57Cl3N4O7. The molecule has 1 saturated heterocycles. The van der Waals surface area contributed by atoms with Crippen LogP contribution in [0.1, 0.15) is 43.7 Å². The summed E-state index contributed by atoms with van der Waals surface area (Å²) >= 11 is 0. The van der Waals surface area contributed by atoms with Crippen LogP contribution >= 0.6 is 37.2 Å². The maximum absolute atomic E-state index is 6.02. The van der Waals surface area contributed by atoms with E-state index >= 15 is 0 Å². The normalized spacial score (nSPS) is 12.5. The highest BCUT2D eigenvalue weighted by atomic mass is 35.5. The summed E-state index contributed by atoms with van der Waals surface area (Å²) in [5, 5.41) is 0. The number of pyridine rings is 2. The minimum Gasteiger partial charge on any atom is -0.494 e. The Kier molecular flexibility index (Phi) is 19.5. The predicted molar refractivity (Wildman–Crippen MR) is 242 cm³/mol. The van der Waals surface area contributed by atoms with E-state index in [1.807, 2.05) is 42.9 Å². The van der Waals surface area contributed by atoms with E-state index in [0.717, 1.165) is 91.3 Å². The second-order valence-electron chi connectivity index (χ2n) is 13.8. The van der Waals surface area contributed by atoms with Crippen LogP contribution in [0.2, 0.25) is 0 Å². The lowest BCUT2D eigenvalue weighted by molar-refractivity contribution is 0.201. The van der Waals surface area contributed by atoms with Gasteiger partial charge < -0.3 is 38.1 Å². The van der Waals surface area contributed by atoms with E-state index < -0.39 is 0 Å². The van der Waals surface area contributed by atoms with Gasteiger partial charge in [-0.2, -0.15) is 0 Å². The molecule has 0 atom stereocenters. The van der Waals surface area contributed by atoms with Crippen molar-refractivity contribution in [2.45, 2.75) is 51.7 Å². The number of nitrogens with zero attached hydrogens (tertiary/aromatic N) is 4. The van der Waals surface area contributed by atoms with Crippen LogP contribution < -0.4 is 38.1 Å². The Morgan fingerprint density at radius 1 is 0.644 bits per heavy atom. The molecule has 0 spiro atoms. The average molecular weight is 872 g/mol. The summed E-state index contributed by atoms with van der Waals surface area (Å²) < 4.78 is 39.6. The largest absolute Gasteiger partial charge is 0.494 e. The van der Waals surface area contributed by atoms with Gasteiger partial charge in [0.25, 0.3) is 0 Å². The number of benzene rings is 3. The summed E-state index contributed by atoms with van der Waals surface area (Å²) in [7, 11) is 9.73. The lowest BCUT2D eigenvalue weighted by atomic mass is 9.99. The van der Waals surface area contributed by atoms with Gasteiger partial charge in [0.15, 0.2) is 23.0 Å².